The van der Waals surface area contributed by atoms with Crippen LogP contribution in [-0.2, 0) is 9.59 Å². The maximum atomic E-state index is 12.0. The highest BCUT2D eigenvalue weighted by atomic mass is 16.6. The summed E-state index contributed by atoms with van der Waals surface area (Å²) in [5, 5.41) is 0. The first-order chi connectivity index (χ1) is 12.5. The Morgan fingerprint density at radius 1 is 0.808 bits per heavy atom. The van der Waals surface area contributed by atoms with E-state index in [1.165, 1.54) is 19.3 Å². The summed E-state index contributed by atoms with van der Waals surface area (Å²) in [5.41, 5.74) is 0. The number of unbranched alkanes of at least 4 members (excludes halogenated alkanes) is 5. The van der Waals surface area contributed by atoms with E-state index in [0.717, 1.165) is 38.0 Å². The van der Waals surface area contributed by atoms with Gasteiger partial charge in [-0.2, -0.15) is 0 Å². The van der Waals surface area contributed by atoms with Crippen molar-refractivity contribution in [3.8, 4) is 11.5 Å². The number of hydrogen-bond acceptors (Lipinski definition) is 4. The van der Waals surface area contributed by atoms with E-state index in [-0.39, 0.29) is 11.9 Å². The fourth-order valence-electron chi connectivity index (χ4n) is 2.64. The Morgan fingerprint density at radius 2 is 1.31 bits per heavy atom. The lowest BCUT2D eigenvalue weighted by molar-refractivity contribution is -0.137. The molecule has 0 amide bonds. The molecule has 4 nitrogen and oxygen atoms in total. The van der Waals surface area contributed by atoms with E-state index in [0.29, 0.717) is 24.3 Å². The van der Waals surface area contributed by atoms with Crippen molar-refractivity contribution in [1.29, 1.82) is 0 Å². The van der Waals surface area contributed by atoms with Crippen LogP contribution in [0.3, 0.4) is 0 Å². The largest absolute Gasteiger partial charge is 0.423 e. The predicted molar refractivity (Wildman–Crippen MR) is 104 cm³/mol. The van der Waals surface area contributed by atoms with Gasteiger partial charge in [-0.1, -0.05) is 71.4 Å². The number of carbonyl (C=O) groups is 2. The number of para-hydroxylation sites is 2. The molecule has 0 atom stereocenters. The second kappa shape index (κ2) is 13.4. The zero-order valence-corrected chi connectivity index (χ0v) is 16.6. The molecular formula is C22H34O4. The fraction of sp³-hybridized carbons (Fsp3) is 0.636. The van der Waals surface area contributed by atoms with Crippen molar-refractivity contribution in [2.75, 3.05) is 0 Å². The van der Waals surface area contributed by atoms with Gasteiger partial charge >= 0.3 is 11.9 Å². The zero-order chi connectivity index (χ0) is 19.2. The minimum absolute atomic E-state index is 0.274. The molecule has 0 aromatic heterocycles. The molecule has 1 rings (SSSR count). The monoisotopic (exact) mass is 362 g/mol. The first kappa shape index (κ1) is 22.2. The number of esters is 2. The molecule has 0 aliphatic carbocycles. The lowest BCUT2D eigenvalue weighted by Crippen LogP contribution is -2.11. The van der Waals surface area contributed by atoms with Gasteiger partial charge in [0.05, 0.1) is 0 Å². The van der Waals surface area contributed by atoms with Crippen molar-refractivity contribution in [2.45, 2.75) is 85.0 Å². The lowest BCUT2D eigenvalue weighted by Gasteiger charge is -2.10. The molecule has 0 aliphatic heterocycles. The highest BCUT2D eigenvalue weighted by Crippen LogP contribution is 2.27. The van der Waals surface area contributed by atoms with Gasteiger partial charge in [0.1, 0.15) is 0 Å². The maximum Gasteiger partial charge on any atom is 0.311 e. The molecule has 0 saturated heterocycles. The van der Waals surface area contributed by atoms with Crippen molar-refractivity contribution < 1.29 is 19.1 Å². The van der Waals surface area contributed by atoms with Crippen LogP contribution in [0, 0.1) is 5.92 Å². The molecule has 0 bridgehead atoms. The predicted octanol–water partition coefficient (Wildman–Crippen LogP) is 6.07. The van der Waals surface area contributed by atoms with Gasteiger partial charge in [0.2, 0.25) is 0 Å². The van der Waals surface area contributed by atoms with Crippen molar-refractivity contribution in [1.82, 2.24) is 0 Å². The SMILES string of the molecule is CCCCC(=O)Oc1ccccc1OC(=O)CCCCCCCC(C)C. The quantitative estimate of drug-likeness (QED) is 0.243. The summed E-state index contributed by atoms with van der Waals surface area (Å²) in [6.45, 7) is 6.51. The Balaban J connectivity index is 2.32. The molecule has 1 aromatic rings. The van der Waals surface area contributed by atoms with E-state index >= 15 is 0 Å². The van der Waals surface area contributed by atoms with Crippen molar-refractivity contribution in [3.05, 3.63) is 24.3 Å². The Kier molecular flexibility index (Phi) is 11.4. The van der Waals surface area contributed by atoms with E-state index < -0.39 is 0 Å². The van der Waals surface area contributed by atoms with E-state index in [4.69, 9.17) is 9.47 Å². The van der Waals surface area contributed by atoms with Crippen LogP contribution in [0.4, 0.5) is 0 Å². The van der Waals surface area contributed by atoms with Gasteiger partial charge in [-0.25, -0.2) is 0 Å². The molecule has 0 heterocycles. The Hall–Kier alpha value is -1.84. The Labute approximate surface area is 158 Å². The van der Waals surface area contributed by atoms with Crippen LogP contribution in [0.25, 0.3) is 0 Å². The Morgan fingerprint density at radius 3 is 1.85 bits per heavy atom. The Bertz CT molecular complexity index is 537. The standard InChI is InChI=1S/C22H34O4/c1-4-5-16-21(23)25-19-14-11-12-15-20(19)26-22(24)17-10-8-6-7-9-13-18(2)3/h11-12,14-15,18H,4-10,13,16-17H2,1-3H3. The van der Waals surface area contributed by atoms with Gasteiger partial charge in [-0.3, -0.25) is 9.59 Å². The number of carbonyl (C=O) groups excluding carboxylic acids is 2. The normalized spacial score (nSPS) is 10.8. The molecule has 0 N–H and O–H groups in total. The first-order valence-electron chi connectivity index (χ1n) is 10.0. The highest BCUT2D eigenvalue weighted by molar-refractivity contribution is 5.76. The molecule has 0 saturated carbocycles. The summed E-state index contributed by atoms with van der Waals surface area (Å²) in [5.74, 6) is 0.831. The van der Waals surface area contributed by atoms with Crippen LogP contribution in [0.2, 0.25) is 0 Å². The lowest BCUT2D eigenvalue weighted by atomic mass is 10.0. The van der Waals surface area contributed by atoms with Crippen LogP contribution in [0.15, 0.2) is 24.3 Å². The smallest absolute Gasteiger partial charge is 0.311 e. The van der Waals surface area contributed by atoms with Crippen LogP contribution in [0.5, 0.6) is 11.5 Å². The minimum atomic E-state index is -0.295. The summed E-state index contributed by atoms with van der Waals surface area (Å²) < 4.78 is 10.7. The van der Waals surface area contributed by atoms with Crippen molar-refractivity contribution in [2.24, 2.45) is 5.92 Å². The number of rotatable bonds is 13. The highest BCUT2D eigenvalue weighted by Gasteiger charge is 2.13. The van der Waals surface area contributed by atoms with Gasteiger partial charge in [-0.05, 0) is 30.9 Å². The van der Waals surface area contributed by atoms with Gasteiger partial charge in [-0.15, -0.1) is 0 Å². The van der Waals surface area contributed by atoms with Crippen LogP contribution >= 0.6 is 0 Å². The summed E-state index contributed by atoms with van der Waals surface area (Å²) in [6.07, 6.45) is 9.28. The molecule has 26 heavy (non-hydrogen) atoms. The molecule has 146 valence electrons. The van der Waals surface area contributed by atoms with Crippen LogP contribution in [-0.4, -0.2) is 11.9 Å². The topological polar surface area (TPSA) is 52.6 Å². The van der Waals surface area contributed by atoms with Gasteiger partial charge < -0.3 is 9.47 Å². The third-order valence-corrected chi connectivity index (χ3v) is 4.19. The van der Waals surface area contributed by atoms with E-state index in [1.54, 1.807) is 24.3 Å². The molecule has 0 unspecified atom stereocenters. The number of benzene rings is 1. The minimum Gasteiger partial charge on any atom is -0.423 e. The summed E-state index contributed by atoms with van der Waals surface area (Å²) in [4.78, 5) is 23.8. The van der Waals surface area contributed by atoms with Crippen molar-refractivity contribution >= 4 is 11.9 Å². The summed E-state index contributed by atoms with van der Waals surface area (Å²) >= 11 is 0. The molecule has 4 heteroatoms. The first-order valence-corrected chi connectivity index (χ1v) is 10.0. The zero-order valence-electron chi connectivity index (χ0n) is 16.6. The second-order valence-corrected chi connectivity index (χ2v) is 7.20. The third kappa shape index (κ3) is 10.2. The molecule has 0 aliphatic rings. The number of ether oxygens (including phenoxy) is 2. The molecule has 0 radical (unpaired) electrons. The van der Waals surface area contributed by atoms with E-state index in [2.05, 4.69) is 13.8 Å². The summed E-state index contributed by atoms with van der Waals surface area (Å²) in [6, 6.07) is 6.84. The van der Waals surface area contributed by atoms with Crippen LogP contribution in [0.1, 0.15) is 85.0 Å². The van der Waals surface area contributed by atoms with Crippen LogP contribution < -0.4 is 9.47 Å². The average molecular weight is 363 g/mol. The second-order valence-electron chi connectivity index (χ2n) is 7.20. The van der Waals surface area contributed by atoms with Gasteiger partial charge in [0.15, 0.2) is 11.5 Å². The summed E-state index contributed by atoms with van der Waals surface area (Å²) in [7, 11) is 0. The van der Waals surface area contributed by atoms with Gasteiger partial charge in [0.25, 0.3) is 0 Å². The fourth-order valence-corrected chi connectivity index (χ4v) is 2.64. The molecule has 1 aromatic carbocycles. The molecular weight excluding hydrogens is 328 g/mol. The molecule has 0 spiro atoms. The third-order valence-electron chi connectivity index (χ3n) is 4.19. The maximum absolute atomic E-state index is 12.0. The van der Waals surface area contributed by atoms with E-state index in [1.807, 2.05) is 6.92 Å². The van der Waals surface area contributed by atoms with Crippen molar-refractivity contribution in [3.63, 3.8) is 0 Å². The molecule has 0 fully saturated rings. The number of hydrogen-bond donors (Lipinski definition) is 0. The van der Waals surface area contributed by atoms with E-state index in [9.17, 15) is 9.59 Å². The average Bonchev–Trinajstić information content (AvgIpc) is 2.60. The van der Waals surface area contributed by atoms with Gasteiger partial charge in [0, 0.05) is 12.8 Å².